The van der Waals surface area contributed by atoms with E-state index in [1.54, 1.807) is 16.4 Å². The van der Waals surface area contributed by atoms with E-state index in [4.69, 9.17) is 9.47 Å². The van der Waals surface area contributed by atoms with Gasteiger partial charge < -0.3 is 9.47 Å². The fourth-order valence-electron chi connectivity index (χ4n) is 4.14. The highest BCUT2D eigenvalue weighted by molar-refractivity contribution is 7.89. The molecule has 1 saturated heterocycles. The summed E-state index contributed by atoms with van der Waals surface area (Å²) in [5.74, 6) is 1.40. The Bertz CT molecular complexity index is 924. The van der Waals surface area contributed by atoms with Gasteiger partial charge in [0.15, 0.2) is 11.5 Å². The van der Waals surface area contributed by atoms with Gasteiger partial charge in [-0.05, 0) is 42.2 Å². The molecule has 0 bridgehead atoms. The van der Waals surface area contributed by atoms with Crippen LogP contribution in [0, 0.1) is 0 Å². The average molecular weight is 329 g/mol. The van der Waals surface area contributed by atoms with Gasteiger partial charge >= 0.3 is 0 Å². The molecule has 2 aromatic rings. The zero-order valence-corrected chi connectivity index (χ0v) is 13.2. The van der Waals surface area contributed by atoms with Crippen LogP contribution >= 0.6 is 0 Å². The molecule has 3 aliphatic rings. The van der Waals surface area contributed by atoms with E-state index >= 15 is 0 Å². The lowest BCUT2D eigenvalue weighted by atomic mass is 9.81. The van der Waals surface area contributed by atoms with Gasteiger partial charge in [0.05, 0.1) is 10.4 Å². The highest BCUT2D eigenvalue weighted by Gasteiger charge is 2.57. The second-order valence-electron chi connectivity index (χ2n) is 6.11. The summed E-state index contributed by atoms with van der Waals surface area (Å²) in [4.78, 5) is 0.428. The first-order chi connectivity index (χ1) is 11.1. The number of sulfonamides is 1. The molecular weight excluding hydrogens is 314 g/mol. The summed E-state index contributed by atoms with van der Waals surface area (Å²) >= 11 is 0. The Kier molecular flexibility index (Phi) is 2.49. The Hall–Kier alpha value is -2.05. The van der Waals surface area contributed by atoms with E-state index in [0.29, 0.717) is 22.9 Å². The lowest BCUT2D eigenvalue weighted by Crippen LogP contribution is -2.39. The summed E-state index contributed by atoms with van der Waals surface area (Å²) in [6.45, 7) is 0.760. The predicted octanol–water partition coefficient (Wildman–Crippen LogP) is 2.46. The Morgan fingerprint density at radius 3 is 2.78 bits per heavy atom. The number of rotatable bonds is 1. The quantitative estimate of drug-likeness (QED) is 0.806. The molecule has 5 rings (SSSR count). The van der Waals surface area contributed by atoms with Crippen LogP contribution in [-0.4, -0.2) is 26.1 Å². The maximum atomic E-state index is 12.9. The Labute approximate surface area is 134 Å². The highest BCUT2D eigenvalue weighted by atomic mass is 32.2. The van der Waals surface area contributed by atoms with Crippen LogP contribution < -0.4 is 9.47 Å². The third-order valence-corrected chi connectivity index (χ3v) is 7.06. The normalized spacial score (nSPS) is 27.0. The van der Waals surface area contributed by atoms with Gasteiger partial charge in [-0.1, -0.05) is 24.3 Å². The summed E-state index contributed by atoms with van der Waals surface area (Å²) in [7, 11) is -3.44. The molecule has 3 aliphatic heterocycles. The molecule has 1 fully saturated rings. The molecule has 3 heterocycles. The summed E-state index contributed by atoms with van der Waals surface area (Å²) < 4.78 is 38.4. The molecule has 0 spiro atoms. The molecule has 118 valence electrons. The van der Waals surface area contributed by atoms with Gasteiger partial charge in [-0.2, -0.15) is 4.31 Å². The average Bonchev–Trinajstić information content (AvgIpc) is 3.24. The van der Waals surface area contributed by atoms with Crippen molar-refractivity contribution in [1.29, 1.82) is 0 Å². The Morgan fingerprint density at radius 2 is 1.87 bits per heavy atom. The highest BCUT2D eigenvalue weighted by Crippen LogP contribution is 2.55. The van der Waals surface area contributed by atoms with Crippen molar-refractivity contribution in [3.8, 4) is 11.5 Å². The van der Waals surface area contributed by atoms with Crippen LogP contribution in [0.4, 0.5) is 0 Å². The van der Waals surface area contributed by atoms with Crippen LogP contribution in [0.15, 0.2) is 47.4 Å². The number of nitrogens with zero attached hydrogens (tertiary/aromatic N) is 1. The largest absolute Gasteiger partial charge is 0.454 e. The number of ether oxygens (including phenoxy) is 2. The van der Waals surface area contributed by atoms with Gasteiger partial charge in [0, 0.05) is 6.54 Å². The van der Waals surface area contributed by atoms with Crippen molar-refractivity contribution in [2.24, 2.45) is 0 Å². The minimum absolute atomic E-state index is 0.213. The molecule has 1 atom stereocenters. The van der Waals surface area contributed by atoms with Gasteiger partial charge in [0.2, 0.25) is 16.8 Å². The number of hydrogen-bond acceptors (Lipinski definition) is 4. The van der Waals surface area contributed by atoms with Crippen molar-refractivity contribution in [2.45, 2.75) is 23.3 Å². The van der Waals surface area contributed by atoms with Gasteiger partial charge in [0.25, 0.3) is 0 Å². The van der Waals surface area contributed by atoms with Crippen molar-refractivity contribution >= 4 is 10.0 Å². The number of fused-ring (bicyclic) bond motifs is 4. The van der Waals surface area contributed by atoms with Crippen LogP contribution in [0.1, 0.15) is 24.0 Å². The van der Waals surface area contributed by atoms with Gasteiger partial charge in [0.1, 0.15) is 0 Å². The predicted molar refractivity (Wildman–Crippen MR) is 82.9 cm³/mol. The zero-order chi connectivity index (χ0) is 15.7. The third-order valence-electron chi connectivity index (χ3n) is 5.08. The summed E-state index contributed by atoms with van der Waals surface area (Å²) in [5, 5.41) is 0. The molecule has 0 N–H and O–H groups in total. The van der Waals surface area contributed by atoms with E-state index < -0.39 is 15.6 Å². The van der Waals surface area contributed by atoms with Gasteiger partial charge in [-0.25, -0.2) is 8.42 Å². The van der Waals surface area contributed by atoms with Crippen LogP contribution in [0.5, 0.6) is 11.5 Å². The minimum Gasteiger partial charge on any atom is -0.454 e. The van der Waals surface area contributed by atoms with E-state index in [1.807, 2.05) is 30.3 Å². The molecule has 0 amide bonds. The first-order valence-corrected chi connectivity index (χ1v) is 9.10. The van der Waals surface area contributed by atoms with Crippen molar-refractivity contribution in [3.63, 3.8) is 0 Å². The Balaban J connectivity index is 1.80. The number of hydrogen-bond donors (Lipinski definition) is 0. The second-order valence-corrected chi connectivity index (χ2v) is 7.94. The fraction of sp³-hybridized carbons (Fsp3) is 0.294. The monoisotopic (exact) mass is 329 g/mol. The van der Waals surface area contributed by atoms with E-state index in [9.17, 15) is 8.42 Å². The SMILES string of the molecule is O=S1(=O)c2ccccc2[C@]2(c3ccc4c(c3)OCO4)CCCN21. The first-order valence-electron chi connectivity index (χ1n) is 7.66. The number of benzene rings is 2. The van der Waals surface area contributed by atoms with Gasteiger partial charge in [-0.15, -0.1) is 0 Å². The second kappa shape index (κ2) is 4.27. The molecule has 6 heteroatoms. The first kappa shape index (κ1) is 13.4. The van der Waals surface area contributed by atoms with E-state index in [2.05, 4.69) is 0 Å². The maximum absolute atomic E-state index is 12.9. The Morgan fingerprint density at radius 1 is 1.04 bits per heavy atom. The minimum atomic E-state index is -3.44. The standard InChI is InChI=1S/C17H15NO4S/c19-23(20)16-5-2-1-4-13(16)17(8-3-9-18(17)23)12-6-7-14-15(10-12)22-11-21-14/h1-2,4-7,10H,3,8-9,11H2/t17-/m1/s1. The topological polar surface area (TPSA) is 55.8 Å². The summed E-state index contributed by atoms with van der Waals surface area (Å²) in [6, 6.07) is 13.1. The van der Waals surface area contributed by atoms with Gasteiger partial charge in [-0.3, -0.25) is 0 Å². The van der Waals surface area contributed by atoms with Crippen molar-refractivity contribution in [3.05, 3.63) is 53.6 Å². The van der Waals surface area contributed by atoms with Crippen molar-refractivity contribution in [2.75, 3.05) is 13.3 Å². The van der Waals surface area contributed by atoms with Crippen LogP contribution in [0.2, 0.25) is 0 Å². The van der Waals surface area contributed by atoms with Crippen molar-refractivity contribution < 1.29 is 17.9 Å². The molecule has 0 aromatic heterocycles. The molecule has 0 radical (unpaired) electrons. The molecular formula is C17H15NO4S. The van der Waals surface area contributed by atoms with E-state index in [-0.39, 0.29) is 6.79 Å². The van der Waals surface area contributed by atoms with E-state index in [0.717, 1.165) is 24.0 Å². The molecule has 0 unspecified atom stereocenters. The molecule has 0 saturated carbocycles. The molecule has 0 aliphatic carbocycles. The van der Waals surface area contributed by atoms with Crippen LogP contribution in [0.25, 0.3) is 0 Å². The molecule has 5 nitrogen and oxygen atoms in total. The van der Waals surface area contributed by atoms with Crippen LogP contribution in [-0.2, 0) is 15.6 Å². The molecule has 2 aromatic carbocycles. The third kappa shape index (κ3) is 1.52. The zero-order valence-electron chi connectivity index (χ0n) is 12.4. The van der Waals surface area contributed by atoms with Crippen LogP contribution in [0.3, 0.4) is 0 Å². The lowest BCUT2D eigenvalue weighted by Gasteiger charge is -2.32. The molecule has 23 heavy (non-hydrogen) atoms. The smallest absolute Gasteiger partial charge is 0.244 e. The fourth-order valence-corrected chi connectivity index (χ4v) is 6.22. The maximum Gasteiger partial charge on any atom is 0.244 e. The summed E-state index contributed by atoms with van der Waals surface area (Å²) in [6.07, 6.45) is 1.63. The van der Waals surface area contributed by atoms with Crippen molar-refractivity contribution in [1.82, 2.24) is 4.31 Å². The summed E-state index contributed by atoms with van der Waals surface area (Å²) in [5.41, 5.74) is 1.21. The van der Waals surface area contributed by atoms with E-state index in [1.165, 1.54) is 0 Å². The lowest BCUT2D eigenvalue weighted by molar-refractivity contribution is 0.174.